The molecule has 0 heterocycles. The van der Waals surface area contributed by atoms with Crippen molar-refractivity contribution in [2.45, 2.75) is 13.8 Å². The SMILES string of the molecule is CC(=O)c1ccc(Oc2ccc(-c3ccc(Oc4ccc(-c5ccc(Oc6ccc(C)cc6)cc5)cc4)cc3)cc2)cc1. The van der Waals surface area contributed by atoms with Gasteiger partial charge in [0, 0.05) is 5.56 Å². The number of aryl methyl sites for hydroxylation is 1. The largest absolute Gasteiger partial charge is 0.457 e. The molecule has 0 aliphatic carbocycles. The van der Waals surface area contributed by atoms with Gasteiger partial charge < -0.3 is 14.2 Å². The first-order valence-corrected chi connectivity index (χ1v) is 14.1. The summed E-state index contributed by atoms with van der Waals surface area (Å²) in [6.45, 7) is 3.61. The van der Waals surface area contributed by atoms with Gasteiger partial charge in [-0.25, -0.2) is 0 Å². The van der Waals surface area contributed by atoms with Crippen LogP contribution >= 0.6 is 0 Å². The summed E-state index contributed by atoms with van der Waals surface area (Å²) in [6.07, 6.45) is 0. The Morgan fingerprint density at radius 2 is 0.605 bits per heavy atom. The van der Waals surface area contributed by atoms with Crippen molar-refractivity contribution in [1.82, 2.24) is 0 Å². The standard InChI is InChI=1S/C39H30O4/c1-27-3-15-34(16-4-27)41-36-19-7-30(8-20-36)32-11-23-38(24-12-32)43-39-25-13-33(14-26-39)31-9-21-37(22-10-31)42-35-17-5-29(6-18-35)28(2)40/h3-26H,1-2H3. The maximum absolute atomic E-state index is 11.5. The van der Waals surface area contributed by atoms with Crippen LogP contribution in [0, 0.1) is 6.92 Å². The minimum atomic E-state index is 0.0352. The molecule has 0 aromatic heterocycles. The van der Waals surface area contributed by atoms with Gasteiger partial charge in [-0.2, -0.15) is 0 Å². The number of hydrogen-bond acceptors (Lipinski definition) is 4. The Kier molecular flexibility index (Phi) is 8.01. The fraction of sp³-hybridized carbons (Fsp3) is 0.0513. The van der Waals surface area contributed by atoms with E-state index >= 15 is 0 Å². The molecule has 0 N–H and O–H groups in total. The van der Waals surface area contributed by atoms with E-state index in [1.54, 1.807) is 31.2 Å². The second-order valence-electron chi connectivity index (χ2n) is 10.3. The quantitative estimate of drug-likeness (QED) is 0.164. The van der Waals surface area contributed by atoms with Crippen LogP contribution in [-0.4, -0.2) is 5.78 Å². The molecule has 0 spiro atoms. The van der Waals surface area contributed by atoms with Gasteiger partial charge in [0.05, 0.1) is 0 Å². The lowest BCUT2D eigenvalue weighted by Crippen LogP contribution is -1.91. The molecular formula is C39H30O4. The third-order valence-corrected chi connectivity index (χ3v) is 7.07. The van der Waals surface area contributed by atoms with Crippen molar-refractivity contribution in [3.8, 4) is 56.8 Å². The van der Waals surface area contributed by atoms with Crippen molar-refractivity contribution in [3.05, 3.63) is 157 Å². The number of ketones is 1. The van der Waals surface area contributed by atoms with E-state index in [2.05, 4.69) is 31.2 Å². The van der Waals surface area contributed by atoms with Gasteiger partial charge in [0.25, 0.3) is 0 Å². The third-order valence-electron chi connectivity index (χ3n) is 7.07. The molecule has 0 aliphatic heterocycles. The Balaban J connectivity index is 1.04. The van der Waals surface area contributed by atoms with E-state index < -0.39 is 0 Å². The molecule has 0 saturated carbocycles. The highest BCUT2D eigenvalue weighted by atomic mass is 16.5. The number of carbonyl (C=O) groups is 1. The molecule has 0 unspecified atom stereocenters. The summed E-state index contributed by atoms with van der Waals surface area (Å²) in [4.78, 5) is 11.5. The van der Waals surface area contributed by atoms with E-state index in [9.17, 15) is 4.79 Å². The van der Waals surface area contributed by atoms with Crippen molar-refractivity contribution in [3.63, 3.8) is 0 Å². The third kappa shape index (κ3) is 7.00. The van der Waals surface area contributed by atoms with Gasteiger partial charge >= 0.3 is 0 Å². The smallest absolute Gasteiger partial charge is 0.159 e. The normalized spacial score (nSPS) is 10.7. The molecule has 4 heteroatoms. The van der Waals surface area contributed by atoms with Crippen molar-refractivity contribution in [1.29, 1.82) is 0 Å². The molecule has 4 nitrogen and oxygen atoms in total. The van der Waals surface area contributed by atoms with Gasteiger partial charge in [-0.15, -0.1) is 0 Å². The first-order valence-electron chi connectivity index (χ1n) is 14.1. The fourth-order valence-corrected chi connectivity index (χ4v) is 4.63. The number of benzene rings is 6. The summed E-state index contributed by atoms with van der Waals surface area (Å²) in [6, 6.07) is 47.3. The monoisotopic (exact) mass is 562 g/mol. The topological polar surface area (TPSA) is 44.8 Å². The lowest BCUT2D eigenvalue weighted by molar-refractivity contribution is 0.101. The van der Waals surface area contributed by atoms with Crippen LogP contribution in [0.25, 0.3) is 22.3 Å². The second-order valence-corrected chi connectivity index (χ2v) is 10.3. The number of Topliss-reactive ketones (excluding diaryl/α,β-unsaturated/α-hetero) is 1. The lowest BCUT2D eigenvalue weighted by Gasteiger charge is -2.10. The second kappa shape index (κ2) is 12.5. The summed E-state index contributed by atoms with van der Waals surface area (Å²) >= 11 is 0. The Morgan fingerprint density at radius 1 is 0.372 bits per heavy atom. The van der Waals surface area contributed by atoms with E-state index in [0.29, 0.717) is 11.3 Å². The molecule has 0 radical (unpaired) electrons. The molecule has 0 saturated heterocycles. The van der Waals surface area contributed by atoms with Crippen LogP contribution in [0.3, 0.4) is 0 Å². The highest BCUT2D eigenvalue weighted by Crippen LogP contribution is 2.31. The predicted molar refractivity (Wildman–Crippen MR) is 172 cm³/mol. The Labute approximate surface area is 251 Å². The zero-order chi connectivity index (χ0) is 29.6. The lowest BCUT2D eigenvalue weighted by atomic mass is 10.1. The van der Waals surface area contributed by atoms with Gasteiger partial charge in [-0.1, -0.05) is 66.2 Å². The van der Waals surface area contributed by atoms with E-state index in [4.69, 9.17) is 14.2 Å². The average molecular weight is 563 g/mol. The number of ether oxygens (including phenoxy) is 3. The van der Waals surface area contributed by atoms with Gasteiger partial charge in [0.15, 0.2) is 5.78 Å². The molecule has 6 aromatic carbocycles. The maximum Gasteiger partial charge on any atom is 0.159 e. The highest BCUT2D eigenvalue weighted by molar-refractivity contribution is 5.94. The van der Waals surface area contributed by atoms with Crippen LogP contribution in [0.1, 0.15) is 22.8 Å². The van der Waals surface area contributed by atoms with Gasteiger partial charge in [-0.3, -0.25) is 4.79 Å². The van der Waals surface area contributed by atoms with Crippen molar-refractivity contribution < 1.29 is 19.0 Å². The van der Waals surface area contributed by atoms with Crippen LogP contribution in [0.2, 0.25) is 0 Å². The average Bonchev–Trinajstić information content (AvgIpc) is 3.04. The zero-order valence-electron chi connectivity index (χ0n) is 24.0. The first-order chi connectivity index (χ1) is 21.0. The van der Waals surface area contributed by atoms with E-state index in [-0.39, 0.29) is 5.78 Å². The molecular weight excluding hydrogens is 532 g/mol. The Hall–Kier alpha value is -5.61. The predicted octanol–water partition coefficient (Wildman–Crippen LogP) is 10.9. The van der Waals surface area contributed by atoms with Crippen LogP contribution in [-0.2, 0) is 0 Å². The van der Waals surface area contributed by atoms with Crippen molar-refractivity contribution >= 4 is 5.78 Å². The van der Waals surface area contributed by atoms with Gasteiger partial charge in [0.2, 0.25) is 0 Å². The molecule has 0 aliphatic rings. The summed E-state index contributed by atoms with van der Waals surface area (Å²) in [5, 5.41) is 0. The molecule has 6 aromatic rings. The van der Waals surface area contributed by atoms with E-state index in [0.717, 1.165) is 51.0 Å². The summed E-state index contributed by atoms with van der Waals surface area (Å²) in [7, 11) is 0. The highest BCUT2D eigenvalue weighted by Gasteiger charge is 2.05. The van der Waals surface area contributed by atoms with Crippen LogP contribution in [0.5, 0.6) is 34.5 Å². The Bertz CT molecular complexity index is 1800. The van der Waals surface area contributed by atoms with Crippen molar-refractivity contribution in [2.24, 2.45) is 0 Å². The molecule has 210 valence electrons. The molecule has 0 bridgehead atoms. The summed E-state index contributed by atoms with van der Waals surface area (Å²) in [5.74, 6) is 4.62. The van der Waals surface area contributed by atoms with Crippen LogP contribution < -0.4 is 14.2 Å². The van der Waals surface area contributed by atoms with Crippen molar-refractivity contribution in [2.75, 3.05) is 0 Å². The summed E-state index contributed by atoms with van der Waals surface area (Å²) in [5.41, 5.74) is 6.23. The number of carbonyl (C=O) groups excluding carboxylic acids is 1. The molecule has 43 heavy (non-hydrogen) atoms. The summed E-state index contributed by atoms with van der Waals surface area (Å²) < 4.78 is 18.0. The molecule has 0 amide bonds. The minimum absolute atomic E-state index is 0.0352. The first kappa shape index (κ1) is 27.6. The van der Waals surface area contributed by atoms with E-state index in [1.807, 2.05) is 97.1 Å². The van der Waals surface area contributed by atoms with Gasteiger partial charge in [-0.05, 0) is 121 Å². The number of rotatable bonds is 9. The minimum Gasteiger partial charge on any atom is -0.457 e. The van der Waals surface area contributed by atoms with E-state index in [1.165, 1.54) is 5.56 Å². The number of hydrogen-bond donors (Lipinski definition) is 0. The van der Waals surface area contributed by atoms with Gasteiger partial charge in [0.1, 0.15) is 34.5 Å². The fourth-order valence-electron chi connectivity index (χ4n) is 4.63. The Morgan fingerprint density at radius 3 is 0.860 bits per heavy atom. The van der Waals surface area contributed by atoms with Crippen LogP contribution in [0.4, 0.5) is 0 Å². The maximum atomic E-state index is 11.5. The molecule has 6 rings (SSSR count). The van der Waals surface area contributed by atoms with Crippen LogP contribution in [0.15, 0.2) is 146 Å². The molecule has 0 atom stereocenters. The zero-order valence-corrected chi connectivity index (χ0v) is 24.0. The molecule has 0 fully saturated rings.